The van der Waals surface area contributed by atoms with E-state index in [0.717, 1.165) is 0 Å². The number of carbonyl (C=O) groups excluding carboxylic acids is 1. The van der Waals surface area contributed by atoms with Crippen molar-refractivity contribution in [3.63, 3.8) is 0 Å². The van der Waals surface area contributed by atoms with Crippen molar-refractivity contribution in [2.45, 2.75) is 6.92 Å². The number of rotatable bonds is 3. The van der Waals surface area contributed by atoms with E-state index in [0.29, 0.717) is 11.3 Å². The summed E-state index contributed by atoms with van der Waals surface area (Å²) in [6.45, 7) is 5.10. The molecule has 0 amide bonds. The van der Waals surface area contributed by atoms with E-state index in [2.05, 4.69) is 11.3 Å². The summed E-state index contributed by atoms with van der Waals surface area (Å²) in [5, 5.41) is 0. The zero-order valence-corrected chi connectivity index (χ0v) is 7.01. The number of carbonyl (C=O) groups is 1. The molecule has 0 rings (SSSR count). The molecule has 3 heteroatoms. The SMILES string of the molecule is C=CC(OC)=C(C)C(=O)OC. The Morgan fingerprint density at radius 2 is 1.91 bits per heavy atom. The van der Waals surface area contributed by atoms with Gasteiger partial charge in [-0.15, -0.1) is 0 Å². The number of hydrogen-bond acceptors (Lipinski definition) is 3. The molecule has 0 saturated heterocycles. The molecule has 0 N–H and O–H groups in total. The Kier molecular flexibility index (Phi) is 4.03. The van der Waals surface area contributed by atoms with Crippen LogP contribution in [0.1, 0.15) is 6.92 Å². The van der Waals surface area contributed by atoms with Gasteiger partial charge < -0.3 is 9.47 Å². The van der Waals surface area contributed by atoms with Gasteiger partial charge in [-0.05, 0) is 13.0 Å². The second kappa shape index (κ2) is 4.55. The van der Waals surface area contributed by atoms with Crippen LogP contribution in [0.3, 0.4) is 0 Å². The molecule has 0 unspecified atom stereocenters. The zero-order chi connectivity index (χ0) is 8.85. The summed E-state index contributed by atoms with van der Waals surface area (Å²) in [5.41, 5.74) is 0.421. The fraction of sp³-hybridized carbons (Fsp3) is 0.375. The molecule has 0 atom stereocenters. The molecule has 11 heavy (non-hydrogen) atoms. The van der Waals surface area contributed by atoms with Crippen LogP contribution in [0.5, 0.6) is 0 Å². The quantitative estimate of drug-likeness (QED) is 0.267. The van der Waals surface area contributed by atoms with Crippen LogP contribution < -0.4 is 0 Å². The highest BCUT2D eigenvalue weighted by Gasteiger charge is 2.07. The number of hydrogen-bond donors (Lipinski definition) is 0. The molecule has 0 fully saturated rings. The van der Waals surface area contributed by atoms with Gasteiger partial charge in [-0.2, -0.15) is 0 Å². The zero-order valence-electron chi connectivity index (χ0n) is 7.01. The van der Waals surface area contributed by atoms with Crippen LogP contribution in [0, 0.1) is 0 Å². The van der Waals surface area contributed by atoms with Crippen LogP contribution in [0.2, 0.25) is 0 Å². The highest BCUT2D eigenvalue weighted by molar-refractivity contribution is 5.88. The van der Waals surface area contributed by atoms with Gasteiger partial charge >= 0.3 is 5.97 Å². The minimum absolute atomic E-state index is 0.401. The van der Waals surface area contributed by atoms with Crippen LogP contribution in [-0.4, -0.2) is 20.2 Å². The van der Waals surface area contributed by atoms with E-state index in [1.807, 2.05) is 0 Å². The third-order valence-electron chi connectivity index (χ3n) is 1.27. The largest absolute Gasteiger partial charge is 0.496 e. The molecule has 0 aliphatic heterocycles. The predicted octanol–water partition coefficient (Wildman–Crippen LogP) is 1.27. The monoisotopic (exact) mass is 156 g/mol. The normalized spacial score (nSPS) is 11.5. The van der Waals surface area contributed by atoms with Crippen molar-refractivity contribution in [1.82, 2.24) is 0 Å². The summed E-state index contributed by atoms with van der Waals surface area (Å²) in [5.74, 6) is 0.0404. The molecular formula is C8H12O3. The van der Waals surface area contributed by atoms with Crippen LogP contribution in [-0.2, 0) is 14.3 Å². The second-order valence-electron chi connectivity index (χ2n) is 1.89. The second-order valence-corrected chi connectivity index (χ2v) is 1.89. The van der Waals surface area contributed by atoms with Crippen molar-refractivity contribution in [3.8, 4) is 0 Å². The van der Waals surface area contributed by atoms with Gasteiger partial charge in [0.15, 0.2) is 0 Å². The molecule has 0 heterocycles. The summed E-state index contributed by atoms with van der Waals surface area (Å²) in [6.07, 6.45) is 1.46. The van der Waals surface area contributed by atoms with E-state index < -0.39 is 5.97 Å². The first kappa shape index (κ1) is 9.75. The summed E-state index contributed by atoms with van der Waals surface area (Å²) in [4.78, 5) is 10.9. The maximum absolute atomic E-state index is 10.9. The van der Waals surface area contributed by atoms with Gasteiger partial charge in [0.25, 0.3) is 0 Å². The molecule has 3 nitrogen and oxygen atoms in total. The van der Waals surface area contributed by atoms with Crippen molar-refractivity contribution in [2.75, 3.05) is 14.2 Å². The minimum Gasteiger partial charge on any atom is -0.496 e. The third-order valence-corrected chi connectivity index (χ3v) is 1.27. The molecule has 0 aromatic heterocycles. The highest BCUT2D eigenvalue weighted by Crippen LogP contribution is 2.06. The lowest BCUT2D eigenvalue weighted by molar-refractivity contribution is -0.136. The van der Waals surface area contributed by atoms with E-state index in [1.54, 1.807) is 6.92 Å². The van der Waals surface area contributed by atoms with Gasteiger partial charge in [-0.1, -0.05) is 6.58 Å². The Balaban J connectivity index is 4.60. The molecule has 0 spiro atoms. The molecule has 0 aromatic carbocycles. The van der Waals surface area contributed by atoms with Crippen molar-refractivity contribution >= 4 is 5.97 Å². The number of ether oxygens (including phenoxy) is 2. The van der Waals surface area contributed by atoms with Crippen LogP contribution >= 0.6 is 0 Å². The first-order valence-corrected chi connectivity index (χ1v) is 3.13. The Morgan fingerprint density at radius 3 is 2.18 bits per heavy atom. The average Bonchev–Trinajstić information content (AvgIpc) is 2.05. The summed E-state index contributed by atoms with van der Waals surface area (Å²) in [6, 6.07) is 0. The van der Waals surface area contributed by atoms with E-state index in [4.69, 9.17) is 4.74 Å². The molecule has 0 saturated carbocycles. The number of esters is 1. The highest BCUT2D eigenvalue weighted by atomic mass is 16.5. The summed E-state index contributed by atoms with van der Waals surface area (Å²) < 4.78 is 9.32. The van der Waals surface area contributed by atoms with Gasteiger partial charge in [-0.3, -0.25) is 0 Å². The molecular weight excluding hydrogens is 144 g/mol. The topological polar surface area (TPSA) is 35.5 Å². The van der Waals surface area contributed by atoms with Gasteiger partial charge in [0, 0.05) is 0 Å². The first-order chi connectivity index (χ1) is 5.17. The first-order valence-electron chi connectivity index (χ1n) is 3.13. The van der Waals surface area contributed by atoms with Gasteiger partial charge in [-0.25, -0.2) is 4.79 Å². The van der Waals surface area contributed by atoms with Gasteiger partial charge in [0.2, 0.25) is 0 Å². The Hall–Kier alpha value is -1.25. The van der Waals surface area contributed by atoms with E-state index in [-0.39, 0.29) is 0 Å². The predicted molar refractivity (Wildman–Crippen MR) is 41.9 cm³/mol. The van der Waals surface area contributed by atoms with E-state index >= 15 is 0 Å². The molecule has 0 aromatic rings. The van der Waals surface area contributed by atoms with E-state index in [1.165, 1.54) is 20.3 Å². The molecule has 0 aliphatic carbocycles. The maximum atomic E-state index is 10.9. The van der Waals surface area contributed by atoms with Crippen LogP contribution in [0.15, 0.2) is 24.0 Å². The molecule has 0 bridgehead atoms. The Morgan fingerprint density at radius 1 is 1.36 bits per heavy atom. The van der Waals surface area contributed by atoms with Crippen molar-refractivity contribution in [1.29, 1.82) is 0 Å². The number of methoxy groups -OCH3 is 2. The lowest BCUT2D eigenvalue weighted by Crippen LogP contribution is -2.04. The lowest BCUT2D eigenvalue weighted by atomic mass is 10.2. The number of allylic oxidation sites excluding steroid dienone is 1. The van der Waals surface area contributed by atoms with Gasteiger partial charge in [0.1, 0.15) is 5.76 Å². The minimum atomic E-state index is -0.401. The molecule has 0 radical (unpaired) electrons. The maximum Gasteiger partial charge on any atom is 0.337 e. The Bertz CT molecular complexity index is 192. The standard InChI is InChI=1S/C8H12O3/c1-5-7(10-3)6(2)8(9)11-4/h5H,1H2,2-4H3. The van der Waals surface area contributed by atoms with Crippen molar-refractivity contribution < 1.29 is 14.3 Å². The third kappa shape index (κ3) is 2.45. The van der Waals surface area contributed by atoms with Gasteiger partial charge in [0.05, 0.1) is 19.8 Å². The fourth-order valence-corrected chi connectivity index (χ4v) is 0.643. The van der Waals surface area contributed by atoms with Crippen LogP contribution in [0.25, 0.3) is 0 Å². The lowest BCUT2D eigenvalue weighted by Gasteiger charge is -2.03. The van der Waals surface area contributed by atoms with Crippen molar-refractivity contribution in [3.05, 3.63) is 24.0 Å². The fourth-order valence-electron chi connectivity index (χ4n) is 0.643. The summed E-state index contributed by atoms with van der Waals surface area (Å²) in [7, 11) is 2.80. The van der Waals surface area contributed by atoms with E-state index in [9.17, 15) is 4.79 Å². The van der Waals surface area contributed by atoms with Crippen LogP contribution in [0.4, 0.5) is 0 Å². The van der Waals surface area contributed by atoms with Crippen molar-refractivity contribution in [2.24, 2.45) is 0 Å². The smallest absolute Gasteiger partial charge is 0.337 e. The summed E-state index contributed by atoms with van der Waals surface area (Å²) >= 11 is 0. The molecule has 62 valence electrons. The Labute approximate surface area is 66.3 Å². The molecule has 0 aliphatic rings. The average molecular weight is 156 g/mol.